The lowest BCUT2D eigenvalue weighted by Crippen LogP contribution is -2.50. The number of hydrogen-bond acceptors (Lipinski definition) is 3. The Morgan fingerprint density at radius 3 is 2.80 bits per heavy atom. The third kappa shape index (κ3) is 5.85. The minimum atomic E-state index is -2.89. The van der Waals surface area contributed by atoms with Crippen molar-refractivity contribution in [2.45, 2.75) is 51.8 Å². The number of carbonyl (C=O) groups excluding carboxylic acids is 1. The standard InChI is InChI=1S/C18H27F2N3O2/c1-3-15(14-9-5-6-10-16(14)25-17(19)20)22-18(24)21-13-8-7-11-23(4-2)12-13/h5-6,9-10,13,15,17H,3-4,7-8,11-12H2,1-2H3,(H2,21,22,24)/t13-,15-/m0/s1. The summed E-state index contributed by atoms with van der Waals surface area (Å²) in [6.45, 7) is 3.97. The van der Waals surface area contributed by atoms with Gasteiger partial charge in [0.05, 0.1) is 6.04 Å². The van der Waals surface area contributed by atoms with Crippen LogP contribution in [0.1, 0.15) is 44.7 Å². The monoisotopic (exact) mass is 355 g/mol. The third-order valence-electron chi connectivity index (χ3n) is 4.51. The Morgan fingerprint density at radius 2 is 2.12 bits per heavy atom. The number of likely N-dealkylation sites (tertiary alicyclic amines) is 1. The Kier molecular flexibility index (Phi) is 7.43. The van der Waals surface area contributed by atoms with Gasteiger partial charge in [-0.05, 0) is 38.4 Å². The van der Waals surface area contributed by atoms with E-state index >= 15 is 0 Å². The van der Waals surface area contributed by atoms with Crippen molar-refractivity contribution in [1.29, 1.82) is 0 Å². The molecule has 5 nitrogen and oxygen atoms in total. The molecule has 2 N–H and O–H groups in total. The highest BCUT2D eigenvalue weighted by Gasteiger charge is 2.23. The van der Waals surface area contributed by atoms with Crippen LogP contribution in [-0.2, 0) is 0 Å². The van der Waals surface area contributed by atoms with Gasteiger partial charge < -0.3 is 20.3 Å². The molecule has 0 bridgehead atoms. The number of ether oxygens (including phenoxy) is 1. The van der Waals surface area contributed by atoms with Crippen molar-refractivity contribution in [3.8, 4) is 5.75 Å². The van der Waals surface area contributed by atoms with Gasteiger partial charge in [0.2, 0.25) is 0 Å². The lowest BCUT2D eigenvalue weighted by molar-refractivity contribution is -0.0506. The van der Waals surface area contributed by atoms with Gasteiger partial charge >= 0.3 is 12.6 Å². The largest absolute Gasteiger partial charge is 0.434 e. The summed E-state index contributed by atoms with van der Waals surface area (Å²) in [5, 5.41) is 5.88. The molecule has 2 amide bonds. The van der Waals surface area contributed by atoms with Crippen LogP contribution in [-0.4, -0.2) is 43.2 Å². The molecule has 7 heteroatoms. The Bertz CT molecular complexity index is 557. The lowest BCUT2D eigenvalue weighted by Gasteiger charge is -2.32. The quantitative estimate of drug-likeness (QED) is 0.787. The average molecular weight is 355 g/mol. The molecule has 1 heterocycles. The molecule has 1 aliphatic rings. The first-order valence-electron chi connectivity index (χ1n) is 8.86. The summed E-state index contributed by atoms with van der Waals surface area (Å²) in [5.41, 5.74) is 0.555. The van der Waals surface area contributed by atoms with E-state index in [1.54, 1.807) is 18.2 Å². The number of hydrogen-bond donors (Lipinski definition) is 2. The number of urea groups is 1. The van der Waals surface area contributed by atoms with Crippen molar-refractivity contribution in [3.05, 3.63) is 29.8 Å². The van der Waals surface area contributed by atoms with Gasteiger partial charge in [0.1, 0.15) is 5.75 Å². The predicted molar refractivity (Wildman–Crippen MR) is 92.9 cm³/mol. The smallest absolute Gasteiger partial charge is 0.387 e. The topological polar surface area (TPSA) is 53.6 Å². The summed E-state index contributed by atoms with van der Waals surface area (Å²) in [6, 6.07) is 6.02. The number of likely N-dealkylation sites (N-methyl/N-ethyl adjacent to an activating group) is 1. The molecule has 1 aromatic carbocycles. The number of para-hydroxylation sites is 1. The molecule has 1 aliphatic heterocycles. The van der Waals surface area contributed by atoms with Gasteiger partial charge in [-0.3, -0.25) is 0 Å². The van der Waals surface area contributed by atoms with Crippen LogP contribution in [0.5, 0.6) is 5.75 Å². The van der Waals surface area contributed by atoms with Crippen LogP contribution >= 0.6 is 0 Å². The van der Waals surface area contributed by atoms with Gasteiger partial charge in [-0.25, -0.2) is 4.79 Å². The number of halogens is 2. The van der Waals surface area contributed by atoms with Gasteiger partial charge in [0.25, 0.3) is 0 Å². The molecular formula is C18H27F2N3O2. The molecule has 0 unspecified atom stereocenters. The molecule has 0 aliphatic carbocycles. The van der Waals surface area contributed by atoms with Gasteiger partial charge in [0.15, 0.2) is 0 Å². The average Bonchev–Trinajstić information content (AvgIpc) is 2.60. The van der Waals surface area contributed by atoms with E-state index in [1.807, 2.05) is 6.92 Å². The van der Waals surface area contributed by atoms with Gasteiger partial charge in [0, 0.05) is 18.2 Å². The van der Waals surface area contributed by atoms with Crippen molar-refractivity contribution < 1.29 is 18.3 Å². The van der Waals surface area contributed by atoms with Gasteiger partial charge in [-0.1, -0.05) is 32.0 Å². The maximum atomic E-state index is 12.6. The second-order valence-corrected chi connectivity index (χ2v) is 6.23. The molecular weight excluding hydrogens is 328 g/mol. The second-order valence-electron chi connectivity index (χ2n) is 6.23. The molecule has 140 valence electrons. The van der Waals surface area contributed by atoms with Crippen LogP contribution < -0.4 is 15.4 Å². The van der Waals surface area contributed by atoms with E-state index in [-0.39, 0.29) is 23.9 Å². The van der Waals surface area contributed by atoms with Crippen LogP contribution in [0, 0.1) is 0 Å². The van der Waals surface area contributed by atoms with Crippen molar-refractivity contribution in [1.82, 2.24) is 15.5 Å². The molecule has 25 heavy (non-hydrogen) atoms. The Hall–Kier alpha value is -1.89. The van der Waals surface area contributed by atoms with Crippen LogP contribution in [0.4, 0.5) is 13.6 Å². The molecule has 0 radical (unpaired) electrons. The summed E-state index contributed by atoms with van der Waals surface area (Å²) in [5.74, 6) is 0.0967. The molecule has 0 spiro atoms. The van der Waals surface area contributed by atoms with E-state index in [9.17, 15) is 13.6 Å². The van der Waals surface area contributed by atoms with Crippen LogP contribution in [0.25, 0.3) is 0 Å². The first kappa shape index (κ1) is 19.4. The highest BCUT2D eigenvalue weighted by molar-refractivity contribution is 5.75. The molecule has 0 saturated carbocycles. The summed E-state index contributed by atoms with van der Waals surface area (Å²) in [7, 11) is 0. The fraction of sp³-hybridized carbons (Fsp3) is 0.611. The number of amides is 2. The van der Waals surface area contributed by atoms with Gasteiger partial charge in [-0.2, -0.15) is 8.78 Å². The fourth-order valence-corrected chi connectivity index (χ4v) is 3.22. The predicted octanol–water partition coefficient (Wildman–Crippen LogP) is 3.52. The number of rotatable bonds is 7. The van der Waals surface area contributed by atoms with E-state index in [4.69, 9.17) is 0 Å². The molecule has 1 fully saturated rings. The number of nitrogens with one attached hydrogen (secondary N) is 2. The third-order valence-corrected chi connectivity index (χ3v) is 4.51. The van der Waals surface area contributed by atoms with Gasteiger partial charge in [-0.15, -0.1) is 0 Å². The SMILES string of the molecule is CC[C@H](NC(=O)N[C@H]1CCCN(CC)C1)c1ccccc1OC(F)F. The van der Waals surface area contributed by atoms with E-state index in [0.29, 0.717) is 12.0 Å². The molecule has 2 rings (SSSR count). The normalized spacial score (nSPS) is 19.5. The summed E-state index contributed by atoms with van der Waals surface area (Å²) < 4.78 is 29.7. The number of carbonyl (C=O) groups is 1. The molecule has 1 saturated heterocycles. The molecule has 1 aromatic rings. The number of benzene rings is 1. The Balaban J connectivity index is 1.98. The van der Waals surface area contributed by atoms with Crippen molar-refractivity contribution in [2.75, 3.05) is 19.6 Å². The van der Waals surface area contributed by atoms with E-state index in [2.05, 4.69) is 27.2 Å². The Morgan fingerprint density at radius 1 is 1.36 bits per heavy atom. The summed E-state index contributed by atoms with van der Waals surface area (Å²) in [4.78, 5) is 14.7. The first-order chi connectivity index (χ1) is 12.0. The number of alkyl halides is 2. The maximum Gasteiger partial charge on any atom is 0.387 e. The van der Waals surface area contributed by atoms with Crippen LogP contribution in [0.2, 0.25) is 0 Å². The second kappa shape index (κ2) is 9.56. The molecule has 0 aromatic heterocycles. The summed E-state index contributed by atoms with van der Waals surface area (Å²) in [6.07, 6.45) is 2.58. The van der Waals surface area contributed by atoms with Crippen LogP contribution in [0.15, 0.2) is 24.3 Å². The maximum absolute atomic E-state index is 12.6. The van der Waals surface area contributed by atoms with Crippen LogP contribution in [0.3, 0.4) is 0 Å². The Labute approximate surface area is 147 Å². The zero-order valence-corrected chi connectivity index (χ0v) is 14.8. The highest BCUT2D eigenvalue weighted by atomic mass is 19.3. The zero-order valence-electron chi connectivity index (χ0n) is 14.8. The van der Waals surface area contributed by atoms with E-state index in [1.165, 1.54) is 6.07 Å². The minimum absolute atomic E-state index is 0.0967. The van der Waals surface area contributed by atoms with Crippen molar-refractivity contribution in [2.24, 2.45) is 0 Å². The van der Waals surface area contributed by atoms with Crippen molar-refractivity contribution >= 4 is 6.03 Å². The summed E-state index contributed by atoms with van der Waals surface area (Å²) >= 11 is 0. The van der Waals surface area contributed by atoms with Crippen molar-refractivity contribution in [3.63, 3.8) is 0 Å². The lowest BCUT2D eigenvalue weighted by atomic mass is 10.0. The van der Waals surface area contributed by atoms with E-state index in [0.717, 1.165) is 32.5 Å². The number of piperidine rings is 1. The fourth-order valence-electron chi connectivity index (χ4n) is 3.22. The zero-order chi connectivity index (χ0) is 18.2. The highest BCUT2D eigenvalue weighted by Crippen LogP contribution is 2.28. The number of nitrogens with zero attached hydrogens (tertiary/aromatic N) is 1. The van der Waals surface area contributed by atoms with E-state index < -0.39 is 6.61 Å². The molecule has 2 atom stereocenters. The minimum Gasteiger partial charge on any atom is -0.434 e. The first-order valence-corrected chi connectivity index (χ1v) is 8.86.